The van der Waals surface area contributed by atoms with Crippen LogP contribution in [-0.2, 0) is 57.5 Å². The van der Waals surface area contributed by atoms with E-state index in [0.29, 0.717) is 25.7 Å². The topological polar surface area (TPSA) is 341 Å². The molecule has 0 bridgehead atoms. The van der Waals surface area contributed by atoms with Crippen LogP contribution in [0.2, 0.25) is 0 Å². The molecule has 6 amide bonds. The zero-order chi connectivity index (χ0) is 43.5. The lowest BCUT2D eigenvalue weighted by Gasteiger charge is -2.22. The molecule has 3 aromatic heterocycles. The fraction of sp³-hybridized carbons (Fsp3) is 0.314. The first kappa shape index (κ1) is 49.4. The Balaban J connectivity index is 0.000000704. The number of hydrogen-bond donors (Lipinski definition) is 4. The van der Waals surface area contributed by atoms with Gasteiger partial charge in [-0.15, -0.1) is 0 Å². The molecule has 0 aliphatic carbocycles. The van der Waals surface area contributed by atoms with Gasteiger partial charge in [0, 0.05) is 49.9 Å². The summed E-state index contributed by atoms with van der Waals surface area (Å²) in [5.74, 6) is -1.93. The first-order chi connectivity index (χ1) is 27.0. The number of rotatable bonds is 2. The van der Waals surface area contributed by atoms with Gasteiger partial charge in [-0.3, -0.25) is 54.3 Å². The van der Waals surface area contributed by atoms with E-state index in [-0.39, 0.29) is 71.7 Å². The highest BCUT2D eigenvalue weighted by Gasteiger charge is 2.29. The molecule has 3 aliphatic rings. The van der Waals surface area contributed by atoms with Crippen molar-refractivity contribution in [1.29, 1.82) is 0 Å². The van der Waals surface area contributed by atoms with Gasteiger partial charge in [0.05, 0.1) is 12.3 Å². The van der Waals surface area contributed by atoms with Crippen LogP contribution < -0.4 is 38.4 Å². The van der Waals surface area contributed by atoms with Crippen LogP contribution in [0.1, 0.15) is 61.7 Å². The molecule has 3 atom stereocenters. The first-order valence-corrected chi connectivity index (χ1v) is 16.2. The van der Waals surface area contributed by atoms with E-state index in [1.807, 2.05) is 13.8 Å². The average molecular weight is 797 g/mol. The number of carbonyl (C=O) groups excluding carboxylic acids is 12. The Labute approximate surface area is 320 Å². The minimum Gasteiger partial charge on any atom is -0.431 e. The van der Waals surface area contributed by atoms with Crippen molar-refractivity contribution in [3.8, 4) is 0 Å². The summed E-state index contributed by atoms with van der Waals surface area (Å²) in [5, 5.41) is 6.58. The van der Waals surface area contributed by atoms with Gasteiger partial charge >= 0.3 is 24.1 Å². The summed E-state index contributed by atoms with van der Waals surface area (Å²) < 4.78 is 7.24. The number of pyridine rings is 2. The number of nitrogens with zero attached hydrogens (tertiary/aromatic N) is 2. The predicted octanol–water partition coefficient (Wildman–Crippen LogP) is -2.09. The number of nitrogens with two attached hydrogens (primary N) is 1. The second kappa shape index (κ2) is 27.0. The van der Waals surface area contributed by atoms with Crippen molar-refractivity contribution < 1.29 is 62.0 Å². The Morgan fingerprint density at radius 2 is 1.02 bits per heavy atom. The highest BCUT2D eigenvalue weighted by Crippen LogP contribution is 2.17. The van der Waals surface area contributed by atoms with E-state index >= 15 is 0 Å². The third-order valence-corrected chi connectivity index (χ3v) is 7.15. The van der Waals surface area contributed by atoms with E-state index in [9.17, 15) is 43.2 Å². The molecule has 22 heteroatoms. The molecule has 6 rings (SSSR count). The Hall–Kier alpha value is -7.63. The molecule has 6 heterocycles. The lowest BCUT2D eigenvalue weighted by atomic mass is 10.1. The van der Waals surface area contributed by atoms with Crippen LogP contribution in [0.15, 0.2) is 79.9 Å². The van der Waals surface area contributed by atoms with Crippen LogP contribution >= 0.6 is 0 Å². The van der Waals surface area contributed by atoms with Crippen molar-refractivity contribution in [2.45, 2.75) is 70.5 Å². The molecule has 302 valence electrons. The predicted molar refractivity (Wildman–Crippen MR) is 184 cm³/mol. The third-order valence-electron chi connectivity index (χ3n) is 7.15. The molecule has 0 radical (unpaired) electrons. The summed E-state index contributed by atoms with van der Waals surface area (Å²) in [6.07, 6.45) is 7.54. The van der Waals surface area contributed by atoms with Gasteiger partial charge in [-0.25, -0.2) is 4.79 Å². The van der Waals surface area contributed by atoms with Crippen molar-refractivity contribution in [3.63, 3.8) is 0 Å². The molecular formula is C35H36N6O16. The lowest BCUT2D eigenvalue weighted by Crippen LogP contribution is -2.48. The summed E-state index contributed by atoms with van der Waals surface area (Å²) in [4.78, 5) is 148. The summed E-state index contributed by atoms with van der Waals surface area (Å²) in [7, 11) is 0. The summed E-state index contributed by atoms with van der Waals surface area (Å²) in [5.41, 5.74) is 6.40. The van der Waals surface area contributed by atoms with Crippen LogP contribution in [0.25, 0.3) is 0 Å². The maximum atomic E-state index is 11.6. The largest absolute Gasteiger partial charge is 0.431 e. The molecular weight excluding hydrogens is 760 g/mol. The maximum Gasteiger partial charge on any atom is 0.373 e. The van der Waals surface area contributed by atoms with Gasteiger partial charge in [0.15, 0.2) is 0 Å². The standard InChI is InChI=1S/C11H12N2O3.C10H10N2O3.C6H6O2.C5H8N2O2.3CO2/c1-7-2-5-10(15)13(6-7)8-3-4-9(14)12-11(8)16;13-8-5-4-7(10(15)11-8)12-6-2-1-3-9(12)14;1-5-2-3-6(7)8-4-5;6-3-1-2-4(8)7-5(3)9;3*2-1-3/h2,5-6,8H,3-4H2,1H3,(H,12,14,16);1-3,6-7H,4-5H2,(H,11,13,15);2-4H,1H3;3H,1-2,6H2,(H,7,8,9);;;. The van der Waals surface area contributed by atoms with E-state index in [1.54, 1.807) is 36.7 Å². The van der Waals surface area contributed by atoms with E-state index < -0.39 is 29.9 Å². The van der Waals surface area contributed by atoms with E-state index in [1.165, 1.54) is 33.6 Å². The molecule has 5 N–H and O–H groups in total. The third kappa shape index (κ3) is 19.3. The monoisotopic (exact) mass is 796 g/mol. The number of aryl methyl sites for hydroxylation is 2. The van der Waals surface area contributed by atoms with Gasteiger partial charge in [-0.2, -0.15) is 28.8 Å². The molecule has 57 heavy (non-hydrogen) atoms. The van der Waals surface area contributed by atoms with Gasteiger partial charge in [-0.05, 0) is 56.4 Å². The van der Waals surface area contributed by atoms with E-state index in [4.69, 9.17) is 34.5 Å². The number of nitrogens with one attached hydrogen (secondary N) is 3. The fourth-order valence-corrected chi connectivity index (χ4v) is 4.59. The molecule has 3 saturated heterocycles. The number of amides is 6. The highest BCUT2D eigenvalue weighted by molar-refractivity contribution is 6.00. The van der Waals surface area contributed by atoms with Crippen LogP contribution in [0.5, 0.6) is 0 Å². The SMILES string of the molecule is Cc1ccc(=O)n(C2CCC(=O)NC2=O)c1.Cc1ccc(=O)oc1.NC1CCC(=O)NC1=O.O=C1CCC(n2ccccc2=O)C(=O)N1.O=C=O.O=C=O.O=C=O. The van der Waals surface area contributed by atoms with Gasteiger partial charge in [0.1, 0.15) is 12.1 Å². The molecule has 0 spiro atoms. The van der Waals surface area contributed by atoms with Crippen LogP contribution in [0.4, 0.5) is 0 Å². The molecule has 3 aromatic rings. The Bertz CT molecular complexity index is 2100. The molecule has 0 aromatic carbocycles. The quantitative estimate of drug-likeness (QED) is 0.202. The van der Waals surface area contributed by atoms with Crippen LogP contribution in [0, 0.1) is 13.8 Å². The second-order valence-electron chi connectivity index (χ2n) is 11.3. The van der Waals surface area contributed by atoms with Gasteiger partial charge in [0.2, 0.25) is 35.4 Å². The Kier molecular flexibility index (Phi) is 23.4. The van der Waals surface area contributed by atoms with E-state index in [0.717, 1.165) is 11.1 Å². The lowest BCUT2D eigenvalue weighted by molar-refractivity contribution is -0.193. The highest BCUT2D eigenvalue weighted by atomic mass is 16.4. The van der Waals surface area contributed by atoms with Gasteiger partial charge in [0.25, 0.3) is 11.1 Å². The van der Waals surface area contributed by atoms with Crippen molar-refractivity contribution >= 4 is 53.9 Å². The molecule has 3 aliphatic heterocycles. The van der Waals surface area contributed by atoms with Crippen molar-refractivity contribution in [3.05, 3.63) is 103 Å². The zero-order valence-electron chi connectivity index (χ0n) is 30.3. The van der Waals surface area contributed by atoms with Crippen molar-refractivity contribution in [1.82, 2.24) is 25.1 Å². The number of imide groups is 3. The molecule has 3 fully saturated rings. The Morgan fingerprint density at radius 1 is 0.579 bits per heavy atom. The minimum absolute atomic E-state index is 0.221. The fourth-order valence-electron chi connectivity index (χ4n) is 4.59. The van der Waals surface area contributed by atoms with Crippen molar-refractivity contribution in [2.24, 2.45) is 5.73 Å². The van der Waals surface area contributed by atoms with Gasteiger partial charge < -0.3 is 19.3 Å². The second-order valence-corrected chi connectivity index (χ2v) is 11.3. The molecule has 22 nitrogen and oxygen atoms in total. The maximum absolute atomic E-state index is 11.6. The summed E-state index contributed by atoms with van der Waals surface area (Å²) >= 11 is 0. The normalized spacial score (nSPS) is 17.5. The van der Waals surface area contributed by atoms with Crippen molar-refractivity contribution in [2.75, 3.05) is 0 Å². The Morgan fingerprint density at radius 3 is 1.42 bits per heavy atom. The van der Waals surface area contributed by atoms with Crippen LogP contribution in [-0.4, -0.2) is 69.1 Å². The van der Waals surface area contributed by atoms with Gasteiger partial charge in [-0.1, -0.05) is 12.1 Å². The minimum atomic E-state index is -0.565. The zero-order valence-corrected chi connectivity index (χ0v) is 30.3. The van der Waals surface area contributed by atoms with E-state index in [2.05, 4.69) is 20.4 Å². The number of piperidine rings is 3. The van der Waals surface area contributed by atoms with Crippen LogP contribution in [0.3, 0.4) is 0 Å². The first-order valence-electron chi connectivity index (χ1n) is 16.2. The summed E-state index contributed by atoms with van der Waals surface area (Å²) in [6.45, 7) is 3.71. The number of carbonyl (C=O) groups is 6. The molecule has 3 unspecified atom stereocenters. The summed E-state index contributed by atoms with van der Waals surface area (Å²) in [6, 6.07) is 9.33. The number of hydrogen-bond acceptors (Lipinski definition) is 17. The smallest absolute Gasteiger partial charge is 0.373 e. The molecule has 0 saturated carbocycles. The average Bonchev–Trinajstić information content (AvgIpc) is 3.15. The number of aromatic nitrogens is 2.